The van der Waals surface area contributed by atoms with Gasteiger partial charge in [0.25, 0.3) is 0 Å². The molecule has 2 aromatic heterocycles. The molecule has 4 rings (SSSR count). The lowest BCUT2D eigenvalue weighted by Crippen LogP contribution is -2.03. The Hall–Kier alpha value is -2.47. The topological polar surface area (TPSA) is 70.4 Å². The number of nitrogens with zero attached hydrogens (tertiary/aromatic N) is 3. The van der Waals surface area contributed by atoms with Crippen molar-refractivity contribution in [3.63, 3.8) is 0 Å². The van der Waals surface area contributed by atoms with E-state index in [0.29, 0.717) is 0 Å². The lowest BCUT2D eigenvalue weighted by molar-refractivity contribution is 0.475. The predicted octanol–water partition coefficient (Wildman–Crippen LogP) is 4.67. The van der Waals surface area contributed by atoms with Gasteiger partial charge >= 0.3 is 0 Å². The predicted molar refractivity (Wildman–Crippen MR) is 107 cm³/mol. The maximum Gasteiger partial charge on any atom is 0.159 e. The average molecular weight is 366 g/mol. The molecule has 2 N–H and O–H groups in total. The maximum absolute atomic E-state index is 9.37. The van der Waals surface area contributed by atoms with Crippen LogP contribution in [0.15, 0.2) is 29.4 Å². The fraction of sp³-hybridized carbons (Fsp3) is 0.350. The van der Waals surface area contributed by atoms with Gasteiger partial charge in [-0.15, -0.1) is 11.3 Å². The number of aryl methyl sites for hydroxylation is 3. The SMILES string of the molecule is CCCc1nc(N/N=C/c2ccc(O)cc2)c2c3c(sc2n1)CCCC3. The summed E-state index contributed by atoms with van der Waals surface area (Å²) in [6.07, 6.45) is 8.37. The standard InChI is InChI=1S/C20H22N4OS/c1-2-5-17-22-19(24-21-12-13-8-10-14(25)11-9-13)18-15-6-3-4-7-16(15)26-20(18)23-17/h8-12,25H,2-7H2,1H3,(H,22,23,24)/b21-12+. The van der Waals surface area contributed by atoms with Gasteiger partial charge < -0.3 is 5.11 Å². The van der Waals surface area contributed by atoms with Crippen molar-refractivity contribution in [2.75, 3.05) is 5.43 Å². The minimum atomic E-state index is 0.252. The van der Waals surface area contributed by atoms with E-state index in [2.05, 4.69) is 17.5 Å². The van der Waals surface area contributed by atoms with Crippen LogP contribution in [0.1, 0.15) is 48.0 Å². The molecule has 0 fully saturated rings. The van der Waals surface area contributed by atoms with Gasteiger partial charge in [0.1, 0.15) is 16.4 Å². The highest BCUT2D eigenvalue weighted by molar-refractivity contribution is 7.19. The number of thiophene rings is 1. The van der Waals surface area contributed by atoms with Gasteiger partial charge in [-0.05, 0) is 67.5 Å². The molecular formula is C20H22N4OS. The van der Waals surface area contributed by atoms with E-state index in [1.165, 1.54) is 23.3 Å². The molecule has 5 nitrogen and oxygen atoms in total. The van der Waals surface area contributed by atoms with Crippen molar-refractivity contribution in [1.82, 2.24) is 9.97 Å². The molecule has 1 aliphatic carbocycles. The molecule has 0 saturated carbocycles. The van der Waals surface area contributed by atoms with Gasteiger partial charge in [0.15, 0.2) is 5.82 Å². The third-order valence-corrected chi connectivity index (χ3v) is 5.80. The maximum atomic E-state index is 9.37. The summed E-state index contributed by atoms with van der Waals surface area (Å²) in [4.78, 5) is 12.1. The molecule has 0 spiro atoms. The molecule has 0 bridgehead atoms. The molecule has 2 heterocycles. The smallest absolute Gasteiger partial charge is 0.159 e. The summed E-state index contributed by atoms with van der Waals surface area (Å²) < 4.78 is 0. The number of hydrogen-bond acceptors (Lipinski definition) is 6. The minimum Gasteiger partial charge on any atom is -0.508 e. The Morgan fingerprint density at radius 3 is 2.81 bits per heavy atom. The summed E-state index contributed by atoms with van der Waals surface area (Å²) in [5, 5.41) is 14.9. The number of hydrogen-bond donors (Lipinski definition) is 2. The van der Waals surface area contributed by atoms with Crippen LogP contribution >= 0.6 is 11.3 Å². The first-order valence-electron chi connectivity index (χ1n) is 9.14. The molecule has 26 heavy (non-hydrogen) atoms. The van der Waals surface area contributed by atoms with Crippen molar-refractivity contribution < 1.29 is 5.11 Å². The van der Waals surface area contributed by atoms with Crippen molar-refractivity contribution in [3.05, 3.63) is 46.1 Å². The monoisotopic (exact) mass is 366 g/mol. The van der Waals surface area contributed by atoms with Crippen LogP contribution < -0.4 is 5.43 Å². The second kappa shape index (κ2) is 7.41. The first-order valence-corrected chi connectivity index (χ1v) is 9.95. The molecule has 0 atom stereocenters. The molecule has 0 radical (unpaired) electrons. The van der Waals surface area contributed by atoms with Crippen molar-refractivity contribution in [3.8, 4) is 5.75 Å². The van der Waals surface area contributed by atoms with Gasteiger partial charge in [-0.2, -0.15) is 5.10 Å². The number of nitrogens with one attached hydrogen (secondary N) is 1. The Balaban J connectivity index is 1.69. The van der Waals surface area contributed by atoms with E-state index >= 15 is 0 Å². The number of rotatable bonds is 5. The third kappa shape index (κ3) is 3.42. The largest absolute Gasteiger partial charge is 0.508 e. The number of anilines is 1. The normalized spacial score (nSPS) is 14.0. The molecule has 1 aliphatic rings. The number of phenols is 1. The van der Waals surface area contributed by atoms with E-state index in [4.69, 9.17) is 9.97 Å². The minimum absolute atomic E-state index is 0.252. The highest BCUT2D eigenvalue weighted by Crippen LogP contribution is 2.38. The van der Waals surface area contributed by atoms with Crippen LogP contribution in [0, 0.1) is 0 Å². The Morgan fingerprint density at radius 1 is 1.19 bits per heavy atom. The Labute approximate surface area is 156 Å². The van der Waals surface area contributed by atoms with Crippen molar-refractivity contribution in [2.24, 2.45) is 5.10 Å². The number of benzene rings is 1. The molecular weight excluding hydrogens is 344 g/mol. The molecule has 0 amide bonds. The van der Waals surface area contributed by atoms with E-state index < -0.39 is 0 Å². The molecule has 1 aromatic carbocycles. The summed E-state index contributed by atoms with van der Waals surface area (Å²) in [7, 11) is 0. The second-order valence-electron chi connectivity index (χ2n) is 6.59. The molecule has 3 aromatic rings. The second-order valence-corrected chi connectivity index (χ2v) is 7.67. The lowest BCUT2D eigenvalue weighted by atomic mass is 9.97. The molecule has 0 saturated heterocycles. The van der Waals surface area contributed by atoms with Crippen LogP contribution in [-0.4, -0.2) is 21.3 Å². The van der Waals surface area contributed by atoms with Crippen molar-refractivity contribution >= 4 is 33.6 Å². The first kappa shape index (κ1) is 17.0. The fourth-order valence-electron chi connectivity index (χ4n) is 3.35. The van der Waals surface area contributed by atoms with Gasteiger partial charge in [0.2, 0.25) is 0 Å². The van der Waals surface area contributed by atoms with Crippen LogP contribution in [0.3, 0.4) is 0 Å². The molecule has 134 valence electrons. The lowest BCUT2D eigenvalue weighted by Gasteiger charge is -2.12. The zero-order valence-electron chi connectivity index (χ0n) is 14.8. The molecule has 6 heteroatoms. The zero-order valence-corrected chi connectivity index (χ0v) is 15.6. The number of phenolic OH excluding ortho intramolecular Hbond substituents is 1. The summed E-state index contributed by atoms with van der Waals surface area (Å²) >= 11 is 1.81. The first-order chi connectivity index (χ1) is 12.7. The van der Waals surface area contributed by atoms with Crippen LogP contribution in [-0.2, 0) is 19.3 Å². The Bertz CT molecular complexity index is 947. The van der Waals surface area contributed by atoms with Crippen LogP contribution in [0.25, 0.3) is 10.2 Å². The van der Waals surface area contributed by atoms with E-state index in [0.717, 1.165) is 53.1 Å². The molecule has 0 unspecified atom stereocenters. The van der Waals surface area contributed by atoms with Gasteiger partial charge in [-0.25, -0.2) is 9.97 Å². The summed E-state index contributed by atoms with van der Waals surface area (Å²) in [5.74, 6) is 1.94. The van der Waals surface area contributed by atoms with Gasteiger partial charge in [-0.1, -0.05) is 6.92 Å². The van der Waals surface area contributed by atoms with Gasteiger partial charge in [-0.3, -0.25) is 5.43 Å². The summed E-state index contributed by atoms with van der Waals surface area (Å²) in [6, 6.07) is 6.95. The van der Waals surface area contributed by atoms with Crippen molar-refractivity contribution in [2.45, 2.75) is 45.4 Å². The summed E-state index contributed by atoms with van der Waals surface area (Å²) in [6.45, 7) is 2.14. The number of aromatic nitrogens is 2. The van der Waals surface area contributed by atoms with Crippen LogP contribution in [0.4, 0.5) is 5.82 Å². The quantitative estimate of drug-likeness (QED) is 0.508. The van der Waals surface area contributed by atoms with E-state index in [-0.39, 0.29) is 5.75 Å². The number of aromatic hydroxyl groups is 1. The highest BCUT2D eigenvalue weighted by atomic mass is 32.1. The summed E-state index contributed by atoms with van der Waals surface area (Å²) in [5.41, 5.74) is 5.47. The van der Waals surface area contributed by atoms with Crippen LogP contribution in [0.2, 0.25) is 0 Å². The Kier molecular flexibility index (Phi) is 4.84. The van der Waals surface area contributed by atoms with Gasteiger partial charge in [0, 0.05) is 11.3 Å². The van der Waals surface area contributed by atoms with E-state index in [9.17, 15) is 5.11 Å². The number of hydrazone groups is 1. The van der Waals surface area contributed by atoms with Crippen LogP contribution in [0.5, 0.6) is 5.75 Å². The number of fused-ring (bicyclic) bond motifs is 3. The Morgan fingerprint density at radius 2 is 2.00 bits per heavy atom. The zero-order chi connectivity index (χ0) is 17.9. The van der Waals surface area contributed by atoms with Crippen molar-refractivity contribution in [1.29, 1.82) is 0 Å². The fourth-order valence-corrected chi connectivity index (χ4v) is 4.63. The van der Waals surface area contributed by atoms with E-state index in [1.54, 1.807) is 18.3 Å². The average Bonchev–Trinajstić information content (AvgIpc) is 3.02. The molecule has 0 aliphatic heterocycles. The third-order valence-electron chi connectivity index (χ3n) is 4.61. The van der Waals surface area contributed by atoms with E-state index in [1.807, 2.05) is 23.5 Å². The highest BCUT2D eigenvalue weighted by Gasteiger charge is 2.20. The van der Waals surface area contributed by atoms with Gasteiger partial charge in [0.05, 0.1) is 11.6 Å².